The zero-order valence-electron chi connectivity index (χ0n) is 11.2. The van der Waals surface area contributed by atoms with E-state index in [9.17, 15) is 9.59 Å². The molecule has 0 saturated carbocycles. The number of carboxylic acid groups (broad SMARTS) is 1. The van der Waals surface area contributed by atoms with Gasteiger partial charge < -0.3 is 10.4 Å². The van der Waals surface area contributed by atoms with Gasteiger partial charge in [0.15, 0.2) is 0 Å². The summed E-state index contributed by atoms with van der Waals surface area (Å²) in [5.74, 6) is -1.39. The third kappa shape index (κ3) is 3.14. The van der Waals surface area contributed by atoms with Crippen molar-refractivity contribution in [3.05, 3.63) is 30.0 Å². The quantitative estimate of drug-likeness (QED) is 0.750. The van der Waals surface area contributed by atoms with Gasteiger partial charge in [-0.05, 0) is 18.6 Å². The summed E-state index contributed by atoms with van der Waals surface area (Å²) < 4.78 is 0. The Morgan fingerprint density at radius 3 is 2.95 bits per heavy atom. The lowest BCUT2D eigenvalue weighted by molar-refractivity contribution is -0.139. The number of carbonyl (C=O) groups is 2. The van der Waals surface area contributed by atoms with E-state index in [0.717, 1.165) is 23.7 Å². The molecule has 3 N–H and O–H groups in total. The van der Waals surface area contributed by atoms with Gasteiger partial charge in [0.25, 0.3) is 5.91 Å². The monoisotopic (exact) mass is 275 g/mol. The van der Waals surface area contributed by atoms with Gasteiger partial charge >= 0.3 is 5.97 Å². The molecule has 1 aromatic heterocycles. The summed E-state index contributed by atoms with van der Waals surface area (Å²) in [5, 5.41) is 19.2. The second-order valence-electron chi connectivity index (χ2n) is 4.68. The van der Waals surface area contributed by atoms with Crippen LogP contribution in [-0.2, 0) is 4.79 Å². The maximum absolute atomic E-state index is 12.1. The highest BCUT2D eigenvalue weighted by molar-refractivity contribution is 5.99. The van der Waals surface area contributed by atoms with Crippen LogP contribution in [0.5, 0.6) is 0 Å². The molecule has 6 nitrogen and oxygen atoms in total. The fourth-order valence-electron chi connectivity index (χ4n) is 1.99. The van der Waals surface area contributed by atoms with Crippen LogP contribution in [0.1, 0.15) is 36.5 Å². The van der Waals surface area contributed by atoms with E-state index in [4.69, 9.17) is 5.11 Å². The molecule has 0 radical (unpaired) electrons. The number of H-pyrrole nitrogens is 1. The molecule has 0 aliphatic heterocycles. The highest BCUT2D eigenvalue weighted by Crippen LogP contribution is 2.13. The largest absolute Gasteiger partial charge is 0.480 e. The first-order valence-electron chi connectivity index (χ1n) is 6.58. The van der Waals surface area contributed by atoms with Crippen molar-refractivity contribution in [1.82, 2.24) is 15.5 Å². The fourth-order valence-corrected chi connectivity index (χ4v) is 1.99. The van der Waals surface area contributed by atoms with Crippen molar-refractivity contribution < 1.29 is 14.7 Å². The van der Waals surface area contributed by atoms with E-state index in [1.807, 2.05) is 6.92 Å². The molecule has 1 heterocycles. The zero-order valence-corrected chi connectivity index (χ0v) is 11.2. The van der Waals surface area contributed by atoms with Crippen molar-refractivity contribution in [2.45, 2.75) is 32.2 Å². The number of nitrogens with zero attached hydrogens (tertiary/aromatic N) is 1. The number of unbranched alkanes of at least 4 members (excludes halogenated alkanes) is 1. The van der Waals surface area contributed by atoms with Gasteiger partial charge in [0.05, 0.1) is 11.7 Å². The molecule has 20 heavy (non-hydrogen) atoms. The van der Waals surface area contributed by atoms with Crippen LogP contribution in [0.3, 0.4) is 0 Å². The normalized spacial score (nSPS) is 12.2. The molecule has 1 amide bonds. The molecule has 1 atom stereocenters. The third-order valence-corrected chi connectivity index (χ3v) is 3.15. The summed E-state index contributed by atoms with van der Waals surface area (Å²) in [5.41, 5.74) is 1.17. The zero-order chi connectivity index (χ0) is 14.5. The third-order valence-electron chi connectivity index (χ3n) is 3.15. The molecule has 106 valence electrons. The van der Waals surface area contributed by atoms with Crippen molar-refractivity contribution in [3.63, 3.8) is 0 Å². The summed E-state index contributed by atoms with van der Waals surface area (Å²) in [7, 11) is 0. The number of carboxylic acids is 1. The summed E-state index contributed by atoms with van der Waals surface area (Å²) >= 11 is 0. The molecule has 0 saturated heterocycles. The van der Waals surface area contributed by atoms with E-state index in [0.29, 0.717) is 12.0 Å². The highest BCUT2D eigenvalue weighted by Gasteiger charge is 2.20. The maximum Gasteiger partial charge on any atom is 0.326 e. The number of nitrogens with one attached hydrogen (secondary N) is 2. The second-order valence-corrected chi connectivity index (χ2v) is 4.68. The van der Waals surface area contributed by atoms with Crippen molar-refractivity contribution in [1.29, 1.82) is 0 Å². The molecule has 2 aromatic rings. The number of aromatic nitrogens is 2. The molecule has 0 aliphatic rings. The van der Waals surface area contributed by atoms with Gasteiger partial charge in [0.2, 0.25) is 0 Å². The van der Waals surface area contributed by atoms with E-state index in [1.165, 1.54) is 0 Å². The summed E-state index contributed by atoms with van der Waals surface area (Å²) in [6.07, 6.45) is 3.75. The first kappa shape index (κ1) is 14.0. The number of carbonyl (C=O) groups excluding carboxylic acids is 1. The van der Waals surface area contributed by atoms with E-state index >= 15 is 0 Å². The average Bonchev–Trinajstić information content (AvgIpc) is 2.90. The smallest absolute Gasteiger partial charge is 0.326 e. The molecule has 2 rings (SSSR count). The number of fused-ring (bicyclic) bond motifs is 1. The van der Waals surface area contributed by atoms with Crippen LogP contribution >= 0.6 is 0 Å². The molecule has 1 aromatic carbocycles. The van der Waals surface area contributed by atoms with Crippen molar-refractivity contribution in [2.75, 3.05) is 0 Å². The van der Waals surface area contributed by atoms with Crippen molar-refractivity contribution >= 4 is 22.8 Å². The topological polar surface area (TPSA) is 95.1 Å². The van der Waals surface area contributed by atoms with Gasteiger partial charge in [-0.1, -0.05) is 25.8 Å². The van der Waals surface area contributed by atoms with Crippen LogP contribution in [0.4, 0.5) is 0 Å². The van der Waals surface area contributed by atoms with E-state index < -0.39 is 12.0 Å². The van der Waals surface area contributed by atoms with Crippen LogP contribution in [-0.4, -0.2) is 33.2 Å². The molecule has 0 spiro atoms. The van der Waals surface area contributed by atoms with Gasteiger partial charge in [-0.3, -0.25) is 9.89 Å². The summed E-state index contributed by atoms with van der Waals surface area (Å²) in [6.45, 7) is 1.98. The Bertz CT molecular complexity index is 621. The van der Waals surface area contributed by atoms with Gasteiger partial charge in [-0.2, -0.15) is 5.10 Å². The Hall–Kier alpha value is -2.37. The van der Waals surface area contributed by atoms with Gasteiger partial charge in [0, 0.05) is 10.9 Å². The first-order valence-corrected chi connectivity index (χ1v) is 6.58. The van der Waals surface area contributed by atoms with Gasteiger partial charge in [-0.25, -0.2) is 4.79 Å². The molecular weight excluding hydrogens is 258 g/mol. The molecular formula is C14H17N3O3. The predicted molar refractivity (Wildman–Crippen MR) is 74.5 cm³/mol. The molecule has 0 bridgehead atoms. The average molecular weight is 275 g/mol. The van der Waals surface area contributed by atoms with Crippen molar-refractivity contribution in [2.24, 2.45) is 0 Å². The van der Waals surface area contributed by atoms with Crippen LogP contribution in [0.25, 0.3) is 10.9 Å². The lowest BCUT2D eigenvalue weighted by atomic mass is 10.1. The number of amides is 1. The number of hydrogen-bond acceptors (Lipinski definition) is 3. The van der Waals surface area contributed by atoms with E-state index in [-0.39, 0.29) is 5.91 Å². The fraction of sp³-hybridized carbons (Fsp3) is 0.357. The van der Waals surface area contributed by atoms with Crippen LogP contribution in [0, 0.1) is 0 Å². The minimum absolute atomic E-state index is 0.384. The number of hydrogen-bond donors (Lipinski definition) is 3. The lowest BCUT2D eigenvalue weighted by Crippen LogP contribution is -2.40. The van der Waals surface area contributed by atoms with Crippen molar-refractivity contribution in [3.8, 4) is 0 Å². The lowest BCUT2D eigenvalue weighted by Gasteiger charge is -2.14. The molecule has 6 heteroatoms. The van der Waals surface area contributed by atoms with Crippen LogP contribution in [0.15, 0.2) is 24.4 Å². The Morgan fingerprint density at radius 1 is 1.45 bits per heavy atom. The first-order chi connectivity index (χ1) is 9.61. The summed E-state index contributed by atoms with van der Waals surface area (Å²) in [4.78, 5) is 23.2. The number of rotatable bonds is 6. The van der Waals surface area contributed by atoms with Crippen LogP contribution < -0.4 is 5.32 Å². The Labute approximate surface area is 116 Å². The summed E-state index contributed by atoms with van der Waals surface area (Å²) in [6, 6.07) is 4.25. The number of aliphatic carboxylic acids is 1. The van der Waals surface area contributed by atoms with E-state index in [2.05, 4.69) is 15.5 Å². The second kappa shape index (κ2) is 6.18. The van der Waals surface area contributed by atoms with Gasteiger partial charge in [-0.15, -0.1) is 0 Å². The Balaban J connectivity index is 2.10. The standard InChI is InChI=1S/C14H17N3O3/c1-2-3-4-11(14(19)20)16-13(18)9-5-6-10-8-15-17-12(10)7-9/h5-8,11H,2-4H2,1H3,(H,15,17)(H,16,18)(H,19,20)/t11-/m0/s1. The predicted octanol–water partition coefficient (Wildman–Crippen LogP) is 1.94. The minimum atomic E-state index is -1.01. The maximum atomic E-state index is 12.1. The SMILES string of the molecule is CCCC[C@H](NC(=O)c1ccc2cn[nH]c2c1)C(=O)O. The number of aromatic amines is 1. The van der Waals surface area contributed by atoms with Crippen LogP contribution in [0.2, 0.25) is 0 Å². The Kier molecular flexibility index (Phi) is 4.34. The molecule has 0 aliphatic carbocycles. The van der Waals surface area contributed by atoms with E-state index in [1.54, 1.807) is 24.4 Å². The molecule has 0 fully saturated rings. The minimum Gasteiger partial charge on any atom is -0.480 e. The highest BCUT2D eigenvalue weighted by atomic mass is 16.4. The van der Waals surface area contributed by atoms with Gasteiger partial charge in [0.1, 0.15) is 6.04 Å². The Morgan fingerprint density at radius 2 is 2.25 bits per heavy atom. The molecule has 0 unspecified atom stereocenters. The number of benzene rings is 1.